The van der Waals surface area contributed by atoms with E-state index in [0.29, 0.717) is 12.2 Å². The van der Waals surface area contributed by atoms with Crippen molar-refractivity contribution in [3.63, 3.8) is 0 Å². The highest BCUT2D eigenvalue weighted by atomic mass is 16.4. The average Bonchev–Trinajstić information content (AvgIpc) is 2.56. The van der Waals surface area contributed by atoms with Gasteiger partial charge in [-0.1, -0.05) is 6.92 Å². The molecule has 1 aliphatic heterocycles. The summed E-state index contributed by atoms with van der Waals surface area (Å²) in [4.78, 5) is 31.2. The molecule has 1 saturated heterocycles. The van der Waals surface area contributed by atoms with Crippen molar-refractivity contribution in [2.24, 2.45) is 0 Å². The van der Waals surface area contributed by atoms with Gasteiger partial charge in [-0.05, 0) is 44.4 Å². The number of nitrogens with zero attached hydrogens (tertiary/aromatic N) is 3. The number of carbonyl (C=O) groups excluding carboxylic acids is 1. The highest BCUT2D eigenvalue weighted by Gasteiger charge is 2.14. The summed E-state index contributed by atoms with van der Waals surface area (Å²) in [5, 5.41) is 11.7. The number of aromatic nitrogens is 1. The van der Waals surface area contributed by atoms with Crippen molar-refractivity contribution in [1.29, 1.82) is 0 Å². The first kappa shape index (κ1) is 18.2. The molecule has 0 bridgehead atoms. The third kappa shape index (κ3) is 5.81. The van der Waals surface area contributed by atoms with Crippen LogP contribution in [0.15, 0.2) is 18.3 Å². The van der Waals surface area contributed by atoms with Crippen LogP contribution in [0.4, 0.5) is 11.5 Å². The van der Waals surface area contributed by atoms with E-state index in [2.05, 4.69) is 15.2 Å². The second kappa shape index (κ2) is 9.22. The molecule has 0 spiro atoms. The van der Waals surface area contributed by atoms with Crippen LogP contribution in [0.3, 0.4) is 0 Å². The van der Waals surface area contributed by atoms with Gasteiger partial charge in [0.2, 0.25) is 5.91 Å². The molecule has 0 aliphatic carbocycles. The number of hydrogen-bond acceptors (Lipinski definition) is 5. The molecule has 1 aliphatic rings. The Morgan fingerprint density at radius 1 is 1.25 bits per heavy atom. The van der Waals surface area contributed by atoms with Gasteiger partial charge in [-0.2, -0.15) is 0 Å². The lowest BCUT2D eigenvalue weighted by molar-refractivity contribution is -0.138. The van der Waals surface area contributed by atoms with Crippen molar-refractivity contribution in [2.75, 3.05) is 42.9 Å². The van der Waals surface area contributed by atoms with E-state index < -0.39 is 5.97 Å². The Balaban J connectivity index is 1.87. The third-order valence-corrected chi connectivity index (χ3v) is 3.98. The molecule has 2 N–H and O–H groups in total. The Kier molecular flexibility index (Phi) is 6.99. The zero-order valence-corrected chi connectivity index (χ0v) is 14.2. The predicted octanol–water partition coefficient (Wildman–Crippen LogP) is 1.81. The standard InChI is InChI=1S/C17H26N4O3/c1-2-8-20(13-17(23)24)12-16(22)19-14-6-7-15(18-11-14)21-9-4-3-5-10-21/h6-7,11H,2-5,8-10,12-13H2,1H3,(H,19,22)(H,23,24). The van der Waals surface area contributed by atoms with Crippen LogP contribution in [0.1, 0.15) is 32.6 Å². The molecular formula is C17H26N4O3. The fraction of sp³-hybridized carbons (Fsp3) is 0.588. The number of carbonyl (C=O) groups is 2. The van der Waals surface area contributed by atoms with Gasteiger partial charge < -0.3 is 15.3 Å². The Labute approximate surface area is 142 Å². The second-order valence-electron chi connectivity index (χ2n) is 6.11. The summed E-state index contributed by atoms with van der Waals surface area (Å²) < 4.78 is 0. The summed E-state index contributed by atoms with van der Waals surface area (Å²) in [6, 6.07) is 3.76. The number of amides is 1. The van der Waals surface area contributed by atoms with E-state index in [0.717, 1.165) is 25.3 Å². The molecule has 1 aromatic rings. The van der Waals surface area contributed by atoms with E-state index in [1.807, 2.05) is 19.1 Å². The van der Waals surface area contributed by atoms with E-state index >= 15 is 0 Å². The van der Waals surface area contributed by atoms with Crippen molar-refractivity contribution < 1.29 is 14.7 Å². The van der Waals surface area contributed by atoms with Crippen molar-refractivity contribution in [1.82, 2.24) is 9.88 Å². The first-order chi connectivity index (χ1) is 11.6. The maximum Gasteiger partial charge on any atom is 0.317 e. The van der Waals surface area contributed by atoms with E-state index in [1.54, 1.807) is 11.1 Å². The number of piperidine rings is 1. The number of pyridine rings is 1. The Morgan fingerprint density at radius 2 is 2.00 bits per heavy atom. The van der Waals surface area contributed by atoms with Crippen LogP contribution in [-0.4, -0.2) is 59.6 Å². The summed E-state index contributed by atoms with van der Waals surface area (Å²) in [5.74, 6) is -0.216. The molecule has 24 heavy (non-hydrogen) atoms. The largest absolute Gasteiger partial charge is 0.480 e. The second-order valence-corrected chi connectivity index (χ2v) is 6.11. The molecule has 1 fully saturated rings. The first-order valence-electron chi connectivity index (χ1n) is 8.53. The van der Waals surface area contributed by atoms with Crippen LogP contribution >= 0.6 is 0 Å². The molecule has 0 radical (unpaired) electrons. The highest BCUT2D eigenvalue weighted by Crippen LogP contribution is 2.18. The van der Waals surface area contributed by atoms with Crippen molar-refractivity contribution >= 4 is 23.4 Å². The molecular weight excluding hydrogens is 308 g/mol. The Bertz CT molecular complexity index is 541. The lowest BCUT2D eigenvalue weighted by Crippen LogP contribution is -2.37. The number of nitrogens with one attached hydrogen (secondary N) is 1. The molecule has 0 aromatic carbocycles. The zero-order valence-electron chi connectivity index (χ0n) is 14.2. The van der Waals surface area contributed by atoms with Crippen molar-refractivity contribution in [3.05, 3.63) is 18.3 Å². The van der Waals surface area contributed by atoms with Crippen LogP contribution in [-0.2, 0) is 9.59 Å². The van der Waals surface area contributed by atoms with Gasteiger partial charge in [0, 0.05) is 13.1 Å². The smallest absolute Gasteiger partial charge is 0.317 e. The highest BCUT2D eigenvalue weighted by molar-refractivity contribution is 5.92. The van der Waals surface area contributed by atoms with E-state index in [-0.39, 0.29) is 19.0 Å². The predicted molar refractivity (Wildman–Crippen MR) is 93.3 cm³/mol. The number of aliphatic carboxylic acids is 1. The molecule has 0 unspecified atom stereocenters. The molecule has 2 heterocycles. The average molecular weight is 334 g/mol. The van der Waals surface area contributed by atoms with Crippen molar-refractivity contribution in [2.45, 2.75) is 32.6 Å². The van der Waals surface area contributed by atoms with Gasteiger partial charge >= 0.3 is 5.97 Å². The normalized spacial score (nSPS) is 14.7. The zero-order chi connectivity index (χ0) is 17.4. The van der Waals surface area contributed by atoms with E-state index in [4.69, 9.17) is 5.11 Å². The topological polar surface area (TPSA) is 85.8 Å². The summed E-state index contributed by atoms with van der Waals surface area (Å²) in [6.07, 6.45) is 6.11. The quantitative estimate of drug-likeness (QED) is 0.754. The fourth-order valence-corrected chi connectivity index (χ4v) is 2.90. The monoisotopic (exact) mass is 334 g/mol. The fourth-order valence-electron chi connectivity index (χ4n) is 2.90. The lowest BCUT2D eigenvalue weighted by Gasteiger charge is -2.27. The summed E-state index contributed by atoms with van der Waals surface area (Å²) in [7, 11) is 0. The molecule has 7 nitrogen and oxygen atoms in total. The number of carboxylic acids is 1. The Hall–Kier alpha value is -2.15. The minimum atomic E-state index is -0.927. The van der Waals surface area contributed by atoms with Crippen LogP contribution in [0, 0.1) is 0 Å². The van der Waals surface area contributed by atoms with Gasteiger partial charge in [0.25, 0.3) is 0 Å². The molecule has 1 aromatic heterocycles. The van der Waals surface area contributed by atoms with E-state index in [9.17, 15) is 9.59 Å². The van der Waals surface area contributed by atoms with Crippen LogP contribution in [0.5, 0.6) is 0 Å². The molecule has 7 heteroatoms. The molecule has 2 rings (SSSR count). The summed E-state index contributed by atoms with van der Waals surface area (Å²) >= 11 is 0. The molecule has 0 atom stereocenters. The number of anilines is 2. The molecule has 0 saturated carbocycles. The van der Waals surface area contributed by atoms with Crippen LogP contribution in [0.2, 0.25) is 0 Å². The molecule has 1 amide bonds. The number of hydrogen-bond donors (Lipinski definition) is 2. The van der Waals surface area contributed by atoms with Gasteiger partial charge in [0.15, 0.2) is 0 Å². The summed E-state index contributed by atoms with van der Waals surface area (Å²) in [5.41, 5.74) is 0.632. The third-order valence-electron chi connectivity index (χ3n) is 3.98. The number of carboxylic acid groups (broad SMARTS) is 1. The maximum atomic E-state index is 12.1. The number of rotatable bonds is 8. The van der Waals surface area contributed by atoms with Gasteiger partial charge in [-0.25, -0.2) is 4.98 Å². The van der Waals surface area contributed by atoms with Crippen LogP contribution in [0.25, 0.3) is 0 Å². The lowest BCUT2D eigenvalue weighted by atomic mass is 10.1. The molecule has 132 valence electrons. The minimum absolute atomic E-state index is 0.0635. The SMILES string of the molecule is CCCN(CC(=O)O)CC(=O)Nc1ccc(N2CCCCC2)nc1. The van der Waals surface area contributed by atoms with Crippen LogP contribution < -0.4 is 10.2 Å². The van der Waals surface area contributed by atoms with Gasteiger partial charge in [-0.3, -0.25) is 14.5 Å². The summed E-state index contributed by atoms with van der Waals surface area (Å²) in [6.45, 7) is 4.52. The van der Waals surface area contributed by atoms with Gasteiger partial charge in [-0.15, -0.1) is 0 Å². The maximum absolute atomic E-state index is 12.1. The minimum Gasteiger partial charge on any atom is -0.480 e. The Morgan fingerprint density at radius 3 is 2.58 bits per heavy atom. The first-order valence-corrected chi connectivity index (χ1v) is 8.53. The van der Waals surface area contributed by atoms with Gasteiger partial charge in [0.1, 0.15) is 5.82 Å². The van der Waals surface area contributed by atoms with Crippen molar-refractivity contribution in [3.8, 4) is 0 Å². The van der Waals surface area contributed by atoms with E-state index in [1.165, 1.54) is 19.3 Å². The van der Waals surface area contributed by atoms with Gasteiger partial charge in [0.05, 0.1) is 25.0 Å².